The number of hydrogen-bond acceptors (Lipinski definition) is 7. The summed E-state index contributed by atoms with van der Waals surface area (Å²) in [6.45, 7) is 8.95. The normalized spacial score (nSPS) is 20.3. The number of rotatable bonds is 15. The molecule has 0 unspecified atom stereocenters. The average molecular weight is 670 g/mol. The molecule has 4 N–H and O–H groups in total. The van der Waals surface area contributed by atoms with Crippen LogP contribution >= 0.6 is 0 Å². The van der Waals surface area contributed by atoms with E-state index in [2.05, 4.69) is 26.3 Å². The Kier molecular flexibility index (Phi) is 10.9. The largest absolute Gasteiger partial charge is 0.494 e. The molecule has 2 atom stereocenters. The highest BCUT2D eigenvalue weighted by atomic mass is 16.6. The minimum Gasteiger partial charge on any atom is -0.494 e. The predicted molar refractivity (Wildman–Crippen MR) is 185 cm³/mol. The number of nitrogens with zero attached hydrogens (tertiary/aromatic N) is 1. The molecule has 0 aliphatic heterocycles. The molecule has 11 heteroatoms. The second kappa shape index (κ2) is 15.1. The highest BCUT2D eigenvalue weighted by Crippen LogP contribution is 2.72. The van der Waals surface area contributed by atoms with Crippen LogP contribution in [0.25, 0.3) is 0 Å². The first kappa shape index (κ1) is 35.4. The van der Waals surface area contributed by atoms with Crippen LogP contribution in [0.5, 0.6) is 5.75 Å². The van der Waals surface area contributed by atoms with Crippen LogP contribution in [0.15, 0.2) is 79.1 Å². The molecule has 6 rings (SSSR count). The SMILES string of the molecule is CCOc1ccc(C[C@@H](NC(=O)c2ccccc2)C(=O)N[C@@H](Cc2cccnc2)C(=O)NCC23CC(CNC(=O)OC(C)(C)C)(C2)C3)cc1. The third-order valence-electron chi connectivity index (χ3n) is 9.02. The van der Waals surface area contributed by atoms with Crippen molar-refractivity contribution in [1.82, 2.24) is 26.3 Å². The molecule has 0 spiro atoms. The summed E-state index contributed by atoms with van der Waals surface area (Å²) in [5.41, 5.74) is 1.50. The fourth-order valence-corrected chi connectivity index (χ4v) is 6.98. The van der Waals surface area contributed by atoms with E-state index in [1.165, 1.54) is 0 Å². The third kappa shape index (κ3) is 9.58. The summed E-state index contributed by atoms with van der Waals surface area (Å²) in [6.07, 6.45) is 6.02. The van der Waals surface area contributed by atoms with E-state index in [0.29, 0.717) is 31.0 Å². The molecule has 1 heterocycles. The Morgan fingerprint density at radius 3 is 2.02 bits per heavy atom. The molecule has 260 valence electrons. The lowest BCUT2D eigenvalue weighted by Gasteiger charge is -2.71. The minimum absolute atomic E-state index is 0.0199. The molecular formula is C38H47N5O6. The van der Waals surface area contributed by atoms with Gasteiger partial charge in [-0.1, -0.05) is 36.4 Å². The summed E-state index contributed by atoms with van der Waals surface area (Å²) < 4.78 is 10.9. The van der Waals surface area contributed by atoms with Crippen molar-refractivity contribution in [3.8, 4) is 5.75 Å². The van der Waals surface area contributed by atoms with Gasteiger partial charge in [0.2, 0.25) is 11.8 Å². The van der Waals surface area contributed by atoms with Crippen molar-refractivity contribution in [2.75, 3.05) is 19.7 Å². The van der Waals surface area contributed by atoms with Gasteiger partial charge in [0.1, 0.15) is 23.4 Å². The van der Waals surface area contributed by atoms with Crippen molar-refractivity contribution in [2.24, 2.45) is 10.8 Å². The van der Waals surface area contributed by atoms with Gasteiger partial charge in [0.15, 0.2) is 0 Å². The van der Waals surface area contributed by atoms with Crippen LogP contribution < -0.4 is 26.0 Å². The maximum Gasteiger partial charge on any atom is 0.407 e. The summed E-state index contributed by atoms with van der Waals surface area (Å²) in [6, 6.07) is 17.9. The lowest BCUT2D eigenvalue weighted by molar-refractivity contribution is -0.196. The third-order valence-corrected chi connectivity index (χ3v) is 9.02. The summed E-state index contributed by atoms with van der Waals surface area (Å²) in [5, 5.41) is 11.8. The molecule has 49 heavy (non-hydrogen) atoms. The summed E-state index contributed by atoms with van der Waals surface area (Å²) in [4.78, 5) is 57.2. The lowest BCUT2D eigenvalue weighted by Crippen LogP contribution is -2.69. The van der Waals surface area contributed by atoms with Crippen molar-refractivity contribution >= 4 is 23.8 Å². The number of benzene rings is 2. The molecule has 4 amide bonds. The van der Waals surface area contributed by atoms with E-state index in [4.69, 9.17) is 9.47 Å². The van der Waals surface area contributed by atoms with Gasteiger partial charge in [0, 0.05) is 43.9 Å². The van der Waals surface area contributed by atoms with Gasteiger partial charge in [-0.05, 0) is 99.2 Å². The first-order chi connectivity index (χ1) is 23.4. The van der Waals surface area contributed by atoms with Crippen LogP contribution in [0, 0.1) is 10.8 Å². The van der Waals surface area contributed by atoms with E-state index in [0.717, 1.165) is 30.4 Å². The molecule has 0 radical (unpaired) electrons. The number of aromatic nitrogens is 1. The monoisotopic (exact) mass is 669 g/mol. The van der Waals surface area contributed by atoms with Crippen LogP contribution in [0.4, 0.5) is 4.79 Å². The van der Waals surface area contributed by atoms with Crippen LogP contribution in [-0.2, 0) is 27.2 Å². The van der Waals surface area contributed by atoms with E-state index in [1.54, 1.807) is 42.7 Å². The first-order valence-electron chi connectivity index (χ1n) is 16.9. The van der Waals surface area contributed by atoms with E-state index >= 15 is 0 Å². The Bertz CT molecular complexity index is 1590. The minimum atomic E-state index is -0.954. The summed E-state index contributed by atoms with van der Waals surface area (Å²) >= 11 is 0. The van der Waals surface area contributed by atoms with Crippen LogP contribution in [-0.4, -0.2) is 66.2 Å². The van der Waals surface area contributed by atoms with Gasteiger partial charge in [-0.15, -0.1) is 0 Å². The second-order valence-corrected chi connectivity index (χ2v) is 14.4. The molecule has 2 aromatic carbocycles. The molecule has 3 aliphatic carbocycles. The molecule has 2 bridgehead atoms. The lowest BCUT2D eigenvalue weighted by atomic mass is 9.35. The van der Waals surface area contributed by atoms with E-state index in [-0.39, 0.29) is 29.6 Å². The predicted octanol–water partition coefficient (Wildman–Crippen LogP) is 4.36. The first-order valence-corrected chi connectivity index (χ1v) is 16.9. The van der Waals surface area contributed by atoms with E-state index in [9.17, 15) is 19.2 Å². The molecule has 11 nitrogen and oxygen atoms in total. The Morgan fingerprint density at radius 1 is 0.776 bits per heavy atom. The Morgan fingerprint density at radius 2 is 1.41 bits per heavy atom. The number of alkyl carbamates (subject to hydrolysis) is 1. The number of hydrogen-bond donors (Lipinski definition) is 4. The van der Waals surface area contributed by atoms with Gasteiger partial charge in [-0.25, -0.2) is 4.79 Å². The van der Waals surface area contributed by atoms with Crippen molar-refractivity contribution in [1.29, 1.82) is 0 Å². The van der Waals surface area contributed by atoms with Crippen LogP contribution in [0.2, 0.25) is 0 Å². The zero-order valence-electron chi connectivity index (χ0n) is 28.7. The fourth-order valence-electron chi connectivity index (χ4n) is 6.98. The topological polar surface area (TPSA) is 148 Å². The van der Waals surface area contributed by atoms with Crippen molar-refractivity contribution in [3.05, 3.63) is 95.8 Å². The summed E-state index contributed by atoms with van der Waals surface area (Å²) in [7, 11) is 0. The van der Waals surface area contributed by atoms with E-state index < -0.39 is 35.6 Å². The Balaban J connectivity index is 1.23. The standard InChI is InChI=1S/C38H47N5O6/c1-5-48-29-15-13-26(14-16-29)18-31(42-32(44)28-11-7-6-8-12-28)34(46)43-30(19-27-10-9-17-39-20-27)33(45)40-24-37-21-38(22-37,23-37)25-41-35(47)49-36(2,3)4/h6-17,20,30-31H,5,18-19,21-25H2,1-4H3,(H,40,45)(H,41,47)(H,42,44)(H,43,46)/t30-,31+,37?,38?/m0/s1. The summed E-state index contributed by atoms with van der Waals surface area (Å²) in [5.74, 6) is -0.460. The fraction of sp³-hybridized carbons (Fsp3) is 0.447. The highest BCUT2D eigenvalue weighted by Gasteiger charge is 2.67. The number of amides is 4. The molecule has 1 aromatic heterocycles. The maximum absolute atomic E-state index is 13.9. The molecule has 3 aliphatic rings. The van der Waals surface area contributed by atoms with Crippen LogP contribution in [0.3, 0.4) is 0 Å². The zero-order valence-corrected chi connectivity index (χ0v) is 28.7. The molecule has 0 saturated heterocycles. The zero-order chi connectivity index (χ0) is 35.1. The van der Waals surface area contributed by atoms with Crippen LogP contribution in [0.1, 0.15) is 68.4 Å². The Hall–Kier alpha value is -4.93. The van der Waals surface area contributed by atoms with Gasteiger partial charge < -0.3 is 30.7 Å². The van der Waals surface area contributed by atoms with Crippen molar-refractivity contribution < 1.29 is 28.7 Å². The number of carbonyl (C=O) groups excluding carboxylic acids is 4. The maximum atomic E-state index is 13.9. The molecular weight excluding hydrogens is 622 g/mol. The van der Waals surface area contributed by atoms with Gasteiger partial charge in [0.25, 0.3) is 5.91 Å². The number of nitrogens with one attached hydrogen (secondary N) is 4. The number of ether oxygens (including phenoxy) is 2. The van der Waals surface area contributed by atoms with Crippen molar-refractivity contribution in [3.63, 3.8) is 0 Å². The molecule has 3 saturated carbocycles. The molecule has 3 aromatic rings. The van der Waals surface area contributed by atoms with Gasteiger partial charge >= 0.3 is 6.09 Å². The van der Waals surface area contributed by atoms with Gasteiger partial charge in [0.05, 0.1) is 6.61 Å². The number of pyridine rings is 1. The van der Waals surface area contributed by atoms with E-state index in [1.807, 2.05) is 64.1 Å². The number of carbonyl (C=O) groups is 4. The smallest absolute Gasteiger partial charge is 0.407 e. The average Bonchev–Trinajstić information content (AvgIpc) is 3.03. The second-order valence-electron chi connectivity index (χ2n) is 14.4. The van der Waals surface area contributed by atoms with Gasteiger partial charge in [-0.2, -0.15) is 0 Å². The molecule has 3 fully saturated rings. The van der Waals surface area contributed by atoms with Gasteiger partial charge in [-0.3, -0.25) is 19.4 Å². The quantitative estimate of drug-likeness (QED) is 0.188. The van der Waals surface area contributed by atoms with Crippen molar-refractivity contribution in [2.45, 2.75) is 77.5 Å². The highest BCUT2D eigenvalue weighted by molar-refractivity contribution is 5.98. The Labute approximate surface area is 287 Å².